The summed E-state index contributed by atoms with van der Waals surface area (Å²) in [6.07, 6.45) is 3.73. The number of rotatable bonds is 7. The first-order valence-electron chi connectivity index (χ1n) is 5.88. The van der Waals surface area contributed by atoms with E-state index in [1.165, 1.54) is 12.8 Å². The van der Waals surface area contributed by atoms with E-state index >= 15 is 0 Å². The molecule has 0 aliphatic heterocycles. The summed E-state index contributed by atoms with van der Waals surface area (Å²) in [6, 6.07) is 0. The zero-order valence-electron chi connectivity index (χ0n) is 10.3. The minimum absolute atomic E-state index is 0. The van der Waals surface area contributed by atoms with Gasteiger partial charge >= 0.3 is 0 Å². The minimum atomic E-state index is 0. The topological polar surface area (TPSA) is 45.7 Å². The van der Waals surface area contributed by atoms with Crippen LogP contribution < -0.4 is 10.6 Å². The Morgan fingerprint density at radius 2 is 2.12 bits per heavy atom. The van der Waals surface area contributed by atoms with E-state index in [0.717, 1.165) is 44.5 Å². The molecule has 0 aromatic heterocycles. The smallest absolute Gasteiger partial charge is 0.191 e. The molecule has 1 aliphatic carbocycles. The first-order chi connectivity index (χ1) is 7.36. The fraction of sp³-hybridized carbons (Fsp3) is 0.909. The van der Waals surface area contributed by atoms with Crippen LogP contribution in [-0.4, -0.2) is 39.3 Å². The number of halogens is 1. The Kier molecular flexibility index (Phi) is 10.1. The third-order valence-electron chi connectivity index (χ3n) is 2.37. The SMILES string of the molecule is CCNC(=NCC1CC1)NCCCOC.I. The maximum atomic E-state index is 4.99. The van der Waals surface area contributed by atoms with Crippen molar-refractivity contribution in [2.75, 3.05) is 33.4 Å². The van der Waals surface area contributed by atoms with Gasteiger partial charge in [-0.3, -0.25) is 4.99 Å². The molecule has 1 saturated carbocycles. The van der Waals surface area contributed by atoms with Gasteiger partial charge in [-0.05, 0) is 32.1 Å². The Balaban J connectivity index is 0.00000225. The van der Waals surface area contributed by atoms with Gasteiger partial charge < -0.3 is 15.4 Å². The second-order valence-corrected chi connectivity index (χ2v) is 3.94. The van der Waals surface area contributed by atoms with Crippen LogP contribution in [0, 0.1) is 5.92 Å². The fourth-order valence-electron chi connectivity index (χ4n) is 1.29. The van der Waals surface area contributed by atoms with Crippen molar-refractivity contribution in [3.63, 3.8) is 0 Å². The van der Waals surface area contributed by atoms with E-state index in [4.69, 9.17) is 4.74 Å². The van der Waals surface area contributed by atoms with Crippen LogP contribution in [0.5, 0.6) is 0 Å². The lowest BCUT2D eigenvalue weighted by Crippen LogP contribution is -2.38. The molecule has 0 radical (unpaired) electrons. The summed E-state index contributed by atoms with van der Waals surface area (Å²) in [4.78, 5) is 4.53. The first kappa shape index (κ1) is 16.0. The molecule has 2 N–H and O–H groups in total. The van der Waals surface area contributed by atoms with Crippen molar-refractivity contribution in [3.05, 3.63) is 0 Å². The van der Waals surface area contributed by atoms with Gasteiger partial charge in [0.15, 0.2) is 5.96 Å². The Bertz CT molecular complexity index is 196. The van der Waals surface area contributed by atoms with Gasteiger partial charge in [0.2, 0.25) is 0 Å². The molecule has 0 aromatic carbocycles. The molecular weight excluding hydrogens is 317 g/mol. The highest BCUT2D eigenvalue weighted by molar-refractivity contribution is 14.0. The number of hydrogen-bond donors (Lipinski definition) is 2. The van der Waals surface area contributed by atoms with Crippen molar-refractivity contribution in [1.82, 2.24) is 10.6 Å². The highest BCUT2D eigenvalue weighted by Gasteiger charge is 2.20. The van der Waals surface area contributed by atoms with E-state index in [1.807, 2.05) is 0 Å². The van der Waals surface area contributed by atoms with E-state index in [0.29, 0.717) is 0 Å². The second kappa shape index (κ2) is 10.1. The quantitative estimate of drug-likeness (QED) is 0.320. The van der Waals surface area contributed by atoms with Crippen LogP contribution in [0.15, 0.2) is 4.99 Å². The van der Waals surface area contributed by atoms with Crippen LogP contribution in [0.4, 0.5) is 0 Å². The normalized spacial score (nSPS) is 15.5. The van der Waals surface area contributed by atoms with Gasteiger partial charge in [-0.25, -0.2) is 0 Å². The predicted molar refractivity (Wildman–Crippen MR) is 78.6 cm³/mol. The van der Waals surface area contributed by atoms with Crippen molar-refractivity contribution in [2.24, 2.45) is 10.9 Å². The van der Waals surface area contributed by atoms with E-state index in [1.54, 1.807) is 7.11 Å². The molecule has 5 heteroatoms. The standard InChI is InChI=1S/C11H23N3O.HI/c1-3-12-11(13-7-4-8-15-2)14-9-10-5-6-10;/h10H,3-9H2,1-2H3,(H2,12,13,14);1H. The lowest BCUT2D eigenvalue weighted by Gasteiger charge is -2.10. The minimum Gasteiger partial charge on any atom is -0.385 e. The summed E-state index contributed by atoms with van der Waals surface area (Å²) >= 11 is 0. The molecule has 1 rings (SSSR count). The van der Waals surface area contributed by atoms with Crippen LogP contribution in [0.2, 0.25) is 0 Å². The number of hydrogen-bond acceptors (Lipinski definition) is 2. The molecule has 0 bridgehead atoms. The number of guanidine groups is 1. The molecule has 4 nitrogen and oxygen atoms in total. The maximum absolute atomic E-state index is 4.99. The van der Waals surface area contributed by atoms with E-state index in [-0.39, 0.29) is 24.0 Å². The van der Waals surface area contributed by atoms with Crippen molar-refractivity contribution in [2.45, 2.75) is 26.2 Å². The number of nitrogens with one attached hydrogen (secondary N) is 2. The molecule has 1 fully saturated rings. The summed E-state index contributed by atoms with van der Waals surface area (Å²) in [5.41, 5.74) is 0. The Hall–Kier alpha value is -0.0400. The van der Waals surface area contributed by atoms with Crippen molar-refractivity contribution in [1.29, 1.82) is 0 Å². The lowest BCUT2D eigenvalue weighted by molar-refractivity contribution is 0.195. The Labute approximate surface area is 116 Å². The van der Waals surface area contributed by atoms with E-state index in [2.05, 4.69) is 22.5 Å². The van der Waals surface area contributed by atoms with Gasteiger partial charge in [-0.1, -0.05) is 0 Å². The summed E-state index contributed by atoms with van der Waals surface area (Å²) in [6.45, 7) is 5.70. The number of methoxy groups -OCH3 is 1. The Morgan fingerprint density at radius 3 is 2.69 bits per heavy atom. The van der Waals surface area contributed by atoms with E-state index < -0.39 is 0 Å². The molecule has 0 amide bonds. The molecule has 0 aromatic rings. The van der Waals surface area contributed by atoms with Gasteiger partial charge in [0.1, 0.15) is 0 Å². The first-order valence-corrected chi connectivity index (χ1v) is 5.88. The third kappa shape index (κ3) is 8.15. The van der Waals surface area contributed by atoms with Gasteiger partial charge in [-0.15, -0.1) is 24.0 Å². The number of aliphatic imine (C=N–C) groups is 1. The second-order valence-electron chi connectivity index (χ2n) is 3.94. The molecule has 0 saturated heterocycles. The lowest BCUT2D eigenvalue weighted by atomic mass is 10.4. The van der Waals surface area contributed by atoms with Crippen LogP contribution >= 0.6 is 24.0 Å². The molecule has 16 heavy (non-hydrogen) atoms. The largest absolute Gasteiger partial charge is 0.385 e. The average Bonchev–Trinajstić information content (AvgIpc) is 3.04. The molecule has 0 heterocycles. The summed E-state index contributed by atoms with van der Waals surface area (Å²) < 4.78 is 4.99. The van der Waals surface area contributed by atoms with Gasteiger partial charge in [0.25, 0.3) is 0 Å². The fourth-order valence-corrected chi connectivity index (χ4v) is 1.29. The summed E-state index contributed by atoms with van der Waals surface area (Å²) in [5, 5.41) is 6.54. The van der Waals surface area contributed by atoms with Crippen LogP contribution in [0.3, 0.4) is 0 Å². The van der Waals surface area contributed by atoms with Gasteiger partial charge in [-0.2, -0.15) is 0 Å². The molecule has 96 valence electrons. The highest BCUT2D eigenvalue weighted by atomic mass is 127. The van der Waals surface area contributed by atoms with Crippen LogP contribution in [-0.2, 0) is 4.74 Å². The zero-order valence-corrected chi connectivity index (χ0v) is 12.6. The third-order valence-corrected chi connectivity index (χ3v) is 2.37. The van der Waals surface area contributed by atoms with Crippen LogP contribution in [0.25, 0.3) is 0 Å². The zero-order chi connectivity index (χ0) is 10.9. The van der Waals surface area contributed by atoms with Gasteiger partial charge in [0, 0.05) is 33.4 Å². The van der Waals surface area contributed by atoms with Crippen molar-refractivity contribution < 1.29 is 4.74 Å². The van der Waals surface area contributed by atoms with Crippen molar-refractivity contribution in [3.8, 4) is 0 Å². The molecular formula is C11H24IN3O. The summed E-state index contributed by atoms with van der Waals surface area (Å²) in [5.74, 6) is 1.79. The molecule has 1 aliphatic rings. The van der Waals surface area contributed by atoms with Gasteiger partial charge in [0.05, 0.1) is 0 Å². The van der Waals surface area contributed by atoms with Crippen LogP contribution in [0.1, 0.15) is 26.2 Å². The predicted octanol–water partition coefficient (Wildman–Crippen LogP) is 1.61. The van der Waals surface area contributed by atoms with Crippen molar-refractivity contribution >= 4 is 29.9 Å². The highest BCUT2D eigenvalue weighted by Crippen LogP contribution is 2.28. The Morgan fingerprint density at radius 1 is 1.38 bits per heavy atom. The number of ether oxygens (including phenoxy) is 1. The molecule has 0 unspecified atom stereocenters. The molecule has 0 spiro atoms. The maximum Gasteiger partial charge on any atom is 0.191 e. The number of nitrogens with zero attached hydrogens (tertiary/aromatic N) is 1. The van der Waals surface area contributed by atoms with E-state index in [9.17, 15) is 0 Å². The monoisotopic (exact) mass is 341 g/mol. The molecule has 0 atom stereocenters. The average molecular weight is 341 g/mol. The summed E-state index contributed by atoms with van der Waals surface area (Å²) in [7, 11) is 1.73.